The van der Waals surface area contributed by atoms with Gasteiger partial charge in [0.25, 0.3) is 0 Å². The standard InChI is InChI=1S/C27H30F3N5O3/c1-18-20(16-34(2)17-36)7-6-8-23(18)38-25-21(27(28,29)30)14-31-26(33-25)32-22-10-9-19(13-24(22)37-3)15-35-11-4-5-12-35/h6-10,13-14,17H,4-5,11-12,15-16H2,1-3H3,(H,31,32,33). The number of likely N-dealkylation sites (tertiary alicyclic amines) is 1. The number of carbonyl (C=O) groups excluding carboxylic acids is 1. The Morgan fingerprint density at radius 1 is 1.16 bits per heavy atom. The zero-order valence-electron chi connectivity index (χ0n) is 21.5. The molecule has 1 aliphatic heterocycles. The number of aromatic nitrogens is 2. The van der Waals surface area contributed by atoms with E-state index in [2.05, 4.69) is 20.2 Å². The highest BCUT2D eigenvalue weighted by molar-refractivity contribution is 5.64. The van der Waals surface area contributed by atoms with Crippen molar-refractivity contribution in [1.29, 1.82) is 0 Å². The van der Waals surface area contributed by atoms with Crippen molar-refractivity contribution < 1.29 is 27.4 Å². The molecule has 38 heavy (non-hydrogen) atoms. The van der Waals surface area contributed by atoms with E-state index in [-0.39, 0.29) is 18.2 Å². The van der Waals surface area contributed by atoms with E-state index in [1.165, 1.54) is 24.9 Å². The minimum absolute atomic E-state index is 0.0758. The van der Waals surface area contributed by atoms with Gasteiger partial charge in [0.2, 0.25) is 18.2 Å². The molecule has 2 heterocycles. The van der Waals surface area contributed by atoms with Crippen molar-refractivity contribution in [3.05, 3.63) is 64.8 Å². The molecule has 1 amide bonds. The number of methoxy groups -OCH3 is 1. The number of amides is 1. The number of hydrogen-bond donors (Lipinski definition) is 1. The predicted octanol–water partition coefficient (Wildman–Crippen LogP) is 5.53. The smallest absolute Gasteiger partial charge is 0.423 e. The molecule has 202 valence electrons. The second-order valence-corrected chi connectivity index (χ2v) is 9.22. The Morgan fingerprint density at radius 3 is 2.61 bits per heavy atom. The van der Waals surface area contributed by atoms with Crippen LogP contribution in [0.1, 0.15) is 35.1 Å². The zero-order valence-corrected chi connectivity index (χ0v) is 21.5. The van der Waals surface area contributed by atoms with E-state index in [4.69, 9.17) is 9.47 Å². The van der Waals surface area contributed by atoms with Gasteiger partial charge in [0, 0.05) is 26.3 Å². The molecule has 0 atom stereocenters. The molecule has 0 bridgehead atoms. The maximum Gasteiger partial charge on any atom is 0.423 e. The first-order chi connectivity index (χ1) is 18.2. The molecule has 4 rings (SSSR count). The van der Waals surface area contributed by atoms with Gasteiger partial charge in [0.1, 0.15) is 17.1 Å². The normalized spacial score (nSPS) is 13.8. The second-order valence-electron chi connectivity index (χ2n) is 9.22. The predicted molar refractivity (Wildman–Crippen MR) is 137 cm³/mol. The van der Waals surface area contributed by atoms with Crippen LogP contribution in [-0.2, 0) is 24.1 Å². The number of benzene rings is 2. The summed E-state index contributed by atoms with van der Waals surface area (Å²) in [5, 5.41) is 2.96. The molecular formula is C27H30F3N5O3. The highest BCUT2D eigenvalue weighted by atomic mass is 19.4. The van der Waals surface area contributed by atoms with Gasteiger partial charge < -0.3 is 19.7 Å². The molecule has 0 aliphatic carbocycles. The maximum absolute atomic E-state index is 13.8. The maximum atomic E-state index is 13.8. The SMILES string of the molecule is COc1cc(CN2CCCC2)ccc1Nc1ncc(C(F)(F)F)c(Oc2cccc(CN(C)C=O)c2C)n1. The molecule has 3 aromatic rings. The van der Waals surface area contributed by atoms with Crippen LogP contribution in [0, 0.1) is 6.92 Å². The Bertz CT molecular complexity index is 1280. The molecule has 0 unspecified atom stereocenters. The van der Waals surface area contributed by atoms with E-state index in [9.17, 15) is 18.0 Å². The summed E-state index contributed by atoms with van der Waals surface area (Å²) in [6, 6.07) is 10.6. The van der Waals surface area contributed by atoms with Gasteiger partial charge >= 0.3 is 6.18 Å². The topological polar surface area (TPSA) is 79.8 Å². The van der Waals surface area contributed by atoms with E-state index in [0.717, 1.165) is 30.8 Å². The summed E-state index contributed by atoms with van der Waals surface area (Å²) in [4.78, 5) is 22.7. The van der Waals surface area contributed by atoms with Crippen molar-refractivity contribution in [3.8, 4) is 17.4 Å². The molecular weight excluding hydrogens is 499 g/mol. The lowest BCUT2D eigenvalue weighted by molar-refractivity contribution is -0.139. The van der Waals surface area contributed by atoms with Gasteiger partial charge in [0.15, 0.2) is 0 Å². The van der Waals surface area contributed by atoms with Gasteiger partial charge in [-0.2, -0.15) is 18.2 Å². The molecule has 11 heteroatoms. The van der Waals surface area contributed by atoms with Gasteiger partial charge in [-0.05, 0) is 67.7 Å². The highest BCUT2D eigenvalue weighted by Gasteiger charge is 2.36. The zero-order chi connectivity index (χ0) is 27.3. The minimum Gasteiger partial charge on any atom is -0.495 e. The largest absolute Gasteiger partial charge is 0.495 e. The molecule has 8 nitrogen and oxygen atoms in total. The van der Waals surface area contributed by atoms with Crippen LogP contribution in [0.2, 0.25) is 0 Å². The number of halogens is 3. The Morgan fingerprint density at radius 2 is 1.92 bits per heavy atom. The average molecular weight is 530 g/mol. The van der Waals surface area contributed by atoms with E-state index in [0.29, 0.717) is 29.6 Å². The number of alkyl halides is 3. The van der Waals surface area contributed by atoms with Gasteiger partial charge in [-0.25, -0.2) is 4.98 Å². The summed E-state index contributed by atoms with van der Waals surface area (Å²) in [5.74, 6) is 0.00741. The number of anilines is 2. The van der Waals surface area contributed by atoms with Crippen LogP contribution < -0.4 is 14.8 Å². The van der Waals surface area contributed by atoms with E-state index < -0.39 is 17.6 Å². The van der Waals surface area contributed by atoms with Crippen molar-refractivity contribution in [2.45, 2.75) is 39.0 Å². The Hall–Kier alpha value is -3.86. The van der Waals surface area contributed by atoms with E-state index >= 15 is 0 Å². The summed E-state index contributed by atoms with van der Waals surface area (Å²) in [6.45, 7) is 4.90. The van der Waals surface area contributed by atoms with E-state index in [1.807, 2.05) is 12.1 Å². The molecule has 0 saturated carbocycles. The Labute approximate surface area is 219 Å². The van der Waals surface area contributed by atoms with Crippen molar-refractivity contribution in [3.63, 3.8) is 0 Å². The summed E-state index contributed by atoms with van der Waals surface area (Å²) in [5.41, 5.74) is 1.81. The second kappa shape index (κ2) is 11.7. The summed E-state index contributed by atoms with van der Waals surface area (Å²) in [7, 11) is 3.14. The molecule has 1 N–H and O–H groups in total. The van der Waals surface area contributed by atoms with Crippen LogP contribution in [-0.4, -0.2) is 53.4 Å². The summed E-state index contributed by atoms with van der Waals surface area (Å²) >= 11 is 0. The number of nitrogens with zero attached hydrogens (tertiary/aromatic N) is 4. The van der Waals surface area contributed by atoms with Crippen LogP contribution in [0.3, 0.4) is 0 Å². The first kappa shape index (κ1) is 27.2. The number of carbonyl (C=O) groups is 1. The van der Waals surface area contributed by atoms with Crippen LogP contribution in [0.5, 0.6) is 17.4 Å². The van der Waals surface area contributed by atoms with Gasteiger partial charge in [0.05, 0.1) is 12.8 Å². The van der Waals surface area contributed by atoms with Crippen LogP contribution >= 0.6 is 0 Å². The van der Waals surface area contributed by atoms with Crippen molar-refractivity contribution in [2.24, 2.45) is 0 Å². The molecule has 1 aliphatic rings. The first-order valence-corrected chi connectivity index (χ1v) is 12.2. The van der Waals surface area contributed by atoms with Gasteiger partial charge in [-0.15, -0.1) is 0 Å². The number of ether oxygens (including phenoxy) is 2. The molecule has 0 radical (unpaired) electrons. The van der Waals surface area contributed by atoms with E-state index in [1.54, 1.807) is 38.2 Å². The van der Waals surface area contributed by atoms with Gasteiger partial charge in [-0.1, -0.05) is 18.2 Å². The number of rotatable bonds is 10. The third kappa shape index (κ3) is 6.52. The molecule has 2 aromatic carbocycles. The molecule has 0 spiro atoms. The summed E-state index contributed by atoms with van der Waals surface area (Å²) in [6.07, 6.45) is -0.993. The lowest BCUT2D eigenvalue weighted by Gasteiger charge is -2.18. The monoisotopic (exact) mass is 529 g/mol. The average Bonchev–Trinajstić information content (AvgIpc) is 3.39. The summed E-state index contributed by atoms with van der Waals surface area (Å²) < 4.78 is 52.6. The van der Waals surface area contributed by atoms with Crippen LogP contribution in [0.15, 0.2) is 42.6 Å². The molecule has 1 fully saturated rings. The number of hydrogen-bond acceptors (Lipinski definition) is 7. The van der Waals surface area contributed by atoms with Crippen LogP contribution in [0.4, 0.5) is 24.8 Å². The fourth-order valence-corrected chi connectivity index (χ4v) is 4.31. The third-order valence-electron chi connectivity index (χ3n) is 6.38. The molecule has 1 aromatic heterocycles. The fraction of sp³-hybridized carbons (Fsp3) is 0.370. The minimum atomic E-state index is -4.73. The van der Waals surface area contributed by atoms with Gasteiger partial charge in [-0.3, -0.25) is 9.69 Å². The molecule has 1 saturated heterocycles. The van der Waals surface area contributed by atoms with Crippen molar-refractivity contribution in [1.82, 2.24) is 19.8 Å². The highest BCUT2D eigenvalue weighted by Crippen LogP contribution is 2.39. The first-order valence-electron chi connectivity index (χ1n) is 12.2. The fourth-order valence-electron chi connectivity index (χ4n) is 4.31. The Kier molecular flexibility index (Phi) is 8.35. The lowest BCUT2D eigenvalue weighted by atomic mass is 10.1. The lowest BCUT2D eigenvalue weighted by Crippen LogP contribution is -2.18. The van der Waals surface area contributed by atoms with Crippen molar-refractivity contribution in [2.75, 3.05) is 32.6 Å². The number of nitrogens with one attached hydrogen (secondary N) is 1. The third-order valence-corrected chi connectivity index (χ3v) is 6.38. The van der Waals surface area contributed by atoms with Crippen molar-refractivity contribution >= 4 is 18.0 Å². The van der Waals surface area contributed by atoms with Crippen LogP contribution in [0.25, 0.3) is 0 Å². The Balaban J connectivity index is 1.61. The quantitative estimate of drug-likeness (QED) is 0.346.